The van der Waals surface area contributed by atoms with Crippen molar-refractivity contribution in [2.45, 2.75) is 57.7 Å². The maximum atomic E-state index is 15.2. The quantitative estimate of drug-likeness (QED) is 0.0721. The Morgan fingerprint density at radius 1 is 1.00 bits per heavy atom. The summed E-state index contributed by atoms with van der Waals surface area (Å²) in [6, 6.07) is 17.5. The van der Waals surface area contributed by atoms with E-state index in [0.717, 1.165) is 42.9 Å². The van der Waals surface area contributed by atoms with Crippen molar-refractivity contribution in [3.63, 3.8) is 0 Å². The molecular weight excluding hydrogens is 605 g/mol. The fraction of sp³-hybridized carbons (Fsp3) is 0.333. The summed E-state index contributed by atoms with van der Waals surface area (Å²) in [6.07, 6.45) is 6.75. The third-order valence-electron chi connectivity index (χ3n) is 7.25. The number of rotatable bonds is 17. The van der Waals surface area contributed by atoms with Crippen LogP contribution in [0.2, 0.25) is 0 Å². The summed E-state index contributed by atoms with van der Waals surface area (Å²) in [4.78, 5) is 17.8. The Kier molecular flexibility index (Phi) is 13.3. The standard InChI is InChI=1S/C36H42FN3O5S/c1-5-8-19-43-20-21-45-31-14-9-27(10-15-31)29-22-28(36(44-7-3)33(37)23-29)11-18-35(41)39-30-12-16-32(17-13-30)46(42)24-34-26(4)38-25-40(34)6-2/h9-18,22-23,25H,5-8,19-21,24H2,1-4H3,(H,39,41)/b18-11+/t46-/m1/s1. The number of aromatic nitrogens is 2. The predicted molar refractivity (Wildman–Crippen MR) is 181 cm³/mol. The van der Waals surface area contributed by atoms with E-state index in [1.165, 1.54) is 18.2 Å². The Balaban J connectivity index is 1.40. The number of carbonyl (C=O) groups is 1. The second kappa shape index (κ2) is 17.5. The lowest BCUT2D eigenvalue weighted by Crippen LogP contribution is -2.11. The van der Waals surface area contributed by atoms with Crippen LogP contribution < -0.4 is 14.8 Å². The Morgan fingerprint density at radius 2 is 1.76 bits per heavy atom. The first-order chi connectivity index (χ1) is 22.3. The number of aryl methyl sites for hydroxylation is 2. The lowest BCUT2D eigenvalue weighted by Gasteiger charge is -2.13. The van der Waals surface area contributed by atoms with Crippen LogP contribution in [-0.2, 0) is 33.0 Å². The van der Waals surface area contributed by atoms with Gasteiger partial charge >= 0.3 is 0 Å². The number of ether oxygens (including phenoxy) is 3. The molecular formula is C36H42FN3O5S. The number of nitrogens with one attached hydrogen (secondary N) is 1. The van der Waals surface area contributed by atoms with Gasteiger partial charge in [-0.2, -0.15) is 0 Å². The molecule has 1 heterocycles. The molecule has 46 heavy (non-hydrogen) atoms. The Bertz CT molecular complexity index is 1590. The molecule has 1 aromatic heterocycles. The molecule has 8 nitrogen and oxygen atoms in total. The van der Waals surface area contributed by atoms with Gasteiger partial charge in [-0.1, -0.05) is 25.5 Å². The third kappa shape index (κ3) is 9.69. The van der Waals surface area contributed by atoms with Gasteiger partial charge in [-0.15, -0.1) is 0 Å². The summed E-state index contributed by atoms with van der Waals surface area (Å²) < 4.78 is 47.0. The molecule has 4 aromatic rings. The van der Waals surface area contributed by atoms with Crippen LogP contribution in [0.1, 0.15) is 50.6 Å². The Morgan fingerprint density at radius 3 is 2.46 bits per heavy atom. The fourth-order valence-electron chi connectivity index (χ4n) is 4.73. The molecule has 0 saturated carbocycles. The number of hydrogen-bond donors (Lipinski definition) is 1. The number of anilines is 1. The molecule has 0 aliphatic rings. The topological polar surface area (TPSA) is 97.7 Å². The highest BCUT2D eigenvalue weighted by atomic mass is 32.2. The van der Waals surface area contributed by atoms with E-state index in [-0.39, 0.29) is 12.4 Å². The number of imidazole rings is 1. The van der Waals surface area contributed by atoms with E-state index in [0.29, 0.717) is 46.4 Å². The van der Waals surface area contributed by atoms with E-state index in [4.69, 9.17) is 14.2 Å². The van der Waals surface area contributed by atoms with Gasteiger partial charge in [-0.3, -0.25) is 4.79 Å². The van der Waals surface area contributed by atoms with Crippen molar-refractivity contribution in [1.82, 2.24) is 9.55 Å². The van der Waals surface area contributed by atoms with Gasteiger partial charge in [0.05, 0.1) is 30.9 Å². The van der Waals surface area contributed by atoms with Crippen LogP contribution in [-0.4, -0.2) is 46.4 Å². The first-order valence-corrected chi connectivity index (χ1v) is 16.9. The minimum absolute atomic E-state index is 0.0739. The third-order valence-corrected chi connectivity index (χ3v) is 8.58. The number of unbranched alkanes of at least 4 members (excludes halogenated alkanes) is 1. The van der Waals surface area contributed by atoms with E-state index in [2.05, 4.69) is 17.2 Å². The molecule has 0 radical (unpaired) electrons. The summed E-state index contributed by atoms with van der Waals surface area (Å²) in [7, 11) is 0. The van der Waals surface area contributed by atoms with Gasteiger partial charge in [0.2, 0.25) is 5.91 Å². The summed E-state index contributed by atoms with van der Waals surface area (Å²) in [6.45, 7) is 10.6. The van der Waals surface area contributed by atoms with Crippen molar-refractivity contribution in [2.24, 2.45) is 0 Å². The molecule has 0 bridgehead atoms. The second-order valence-corrected chi connectivity index (χ2v) is 12.0. The maximum Gasteiger partial charge on any atom is 0.248 e. The van der Waals surface area contributed by atoms with E-state index in [1.807, 2.05) is 42.7 Å². The van der Waals surface area contributed by atoms with Crippen LogP contribution in [0.15, 0.2) is 78.0 Å². The van der Waals surface area contributed by atoms with Gasteiger partial charge in [-0.05, 0) is 104 Å². The molecule has 1 N–H and O–H groups in total. The number of hydrogen-bond acceptors (Lipinski definition) is 6. The molecule has 0 unspecified atom stereocenters. The van der Waals surface area contributed by atoms with E-state index >= 15 is 4.39 Å². The number of halogens is 1. The van der Waals surface area contributed by atoms with Crippen LogP contribution in [0.4, 0.5) is 10.1 Å². The lowest BCUT2D eigenvalue weighted by atomic mass is 10.0. The van der Waals surface area contributed by atoms with Crippen LogP contribution in [0.25, 0.3) is 17.2 Å². The molecule has 10 heteroatoms. The van der Waals surface area contributed by atoms with Crippen molar-refractivity contribution in [3.05, 3.63) is 95.8 Å². The van der Waals surface area contributed by atoms with Gasteiger partial charge in [-0.25, -0.2) is 9.37 Å². The van der Waals surface area contributed by atoms with Crippen molar-refractivity contribution in [3.8, 4) is 22.6 Å². The summed E-state index contributed by atoms with van der Waals surface area (Å²) in [5, 5.41) is 2.80. The van der Waals surface area contributed by atoms with Crippen LogP contribution in [0, 0.1) is 12.7 Å². The largest absolute Gasteiger partial charge is 0.611 e. The highest BCUT2D eigenvalue weighted by molar-refractivity contribution is 7.90. The van der Waals surface area contributed by atoms with Crippen molar-refractivity contribution in [2.75, 3.05) is 31.7 Å². The zero-order valence-corrected chi connectivity index (χ0v) is 27.7. The second-order valence-electron chi connectivity index (χ2n) is 10.5. The Labute approximate surface area is 273 Å². The molecule has 3 aromatic carbocycles. The number of benzene rings is 3. The van der Waals surface area contributed by atoms with Crippen molar-refractivity contribution in [1.29, 1.82) is 0 Å². The van der Waals surface area contributed by atoms with Gasteiger partial charge in [0.1, 0.15) is 12.4 Å². The fourth-order valence-corrected chi connectivity index (χ4v) is 5.96. The summed E-state index contributed by atoms with van der Waals surface area (Å²) in [5.41, 5.74) is 4.22. The van der Waals surface area contributed by atoms with Crippen molar-refractivity contribution >= 4 is 28.8 Å². The first kappa shape index (κ1) is 34.7. The normalized spacial score (nSPS) is 12.0. The Hall–Kier alpha value is -4.12. The van der Waals surface area contributed by atoms with Gasteiger partial charge < -0.3 is 28.6 Å². The molecule has 0 aliphatic carbocycles. The van der Waals surface area contributed by atoms with E-state index in [1.54, 1.807) is 43.6 Å². The number of nitrogens with zero attached hydrogens (tertiary/aromatic N) is 2. The van der Waals surface area contributed by atoms with E-state index in [9.17, 15) is 9.35 Å². The predicted octanol–water partition coefficient (Wildman–Crippen LogP) is 7.57. The highest BCUT2D eigenvalue weighted by Gasteiger charge is 2.18. The zero-order chi connectivity index (χ0) is 32.9. The highest BCUT2D eigenvalue weighted by Crippen LogP contribution is 2.32. The molecule has 0 fully saturated rings. The minimum Gasteiger partial charge on any atom is -0.611 e. The lowest BCUT2D eigenvalue weighted by molar-refractivity contribution is -0.111. The maximum absolute atomic E-state index is 15.2. The van der Waals surface area contributed by atoms with Gasteiger partial charge in [0.25, 0.3) is 0 Å². The molecule has 4 rings (SSSR count). The average Bonchev–Trinajstić information content (AvgIpc) is 3.41. The first-order valence-electron chi connectivity index (χ1n) is 15.6. The number of carbonyl (C=O) groups excluding carboxylic acids is 1. The molecule has 0 spiro atoms. The monoisotopic (exact) mass is 647 g/mol. The van der Waals surface area contributed by atoms with Gasteiger partial charge in [0.15, 0.2) is 22.2 Å². The molecule has 0 saturated heterocycles. The van der Waals surface area contributed by atoms with Crippen LogP contribution >= 0.6 is 0 Å². The minimum atomic E-state index is -1.26. The van der Waals surface area contributed by atoms with Crippen LogP contribution in [0.3, 0.4) is 0 Å². The molecule has 1 amide bonds. The average molecular weight is 648 g/mol. The van der Waals surface area contributed by atoms with Crippen LogP contribution in [0.5, 0.6) is 11.5 Å². The zero-order valence-electron chi connectivity index (χ0n) is 26.9. The van der Waals surface area contributed by atoms with E-state index < -0.39 is 22.9 Å². The van der Waals surface area contributed by atoms with Crippen molar-refractivity contribution < 1.29 is 27.9 Å². The SMILES string of the molecule is CCCCOCCOc1ccc(-c2cc(F)c(OCC)c(/C=C/C(=O)Nc3ccc([S@+]([O-])Cc4c(C)ncn4CC)cc3)c2)cc1. The molecule has 1 atom stereocenters. The summed E-state index contributed by atoms with van der Waals surface area (Å²) in [5.74, 6) is 0.210. The molecule has 244 valence electrons. The number of amides is 1. The van der Waals surface area contributed by atoms with Gasteiger partial charge in [0, 0.05) is 30.5 Å². The summed E-state index contributed by atoms with van der Waals surface area (Å²) >= 11 is -1.26. The molecule has 0 aliphatic heterocycles. The smallest absolute Gasteiger partial charge is 0.248 e.